The van der Waals surface area contributed by atoms with Crippen molar-refractivity contribution in [3.63, 3.8) is 0 Å². The fraction of sp³-hybridized carbons (Fsp3) is 0.737. The van der Waals surface area contributed by atoms with Crippen molar-refractivity contribution in [2.45, 2.75) is 64.7 Å². The summed E-state index contributed by atoms with van der Waals surface area (Å²) in [5, 5.41) is 0. The molecule has 0 N–H and O–H groups in total. The monoisotopic (exact) mass is 270 g/mol. The minimum absolute atomic E-state index is 0.370. The van der Waals surface area contributed by atoms with E-state index in [1.165, 1.54) is 50.5 Å². The Balaban J connectivity index is 1.70. The van der Waals surface area contributed by atoms with E-state index in [-0.39, 0.29) is 0 Å². The lowest BCUT2D eigenvalue weighted by Crippen LogP contribution is -2.39. The Kier molecular flexibility index (Phi) is 2.94. The van der Waals surface area contributed by atoms with Crippen LogP contribution in [0.5, 0.6) is 0 Å². The molecular formula is C19H26O. The lowest BCUT2D eigenvalue weighted by atomic mass is 9.56. The molecule has 0 saturated heterocycles. The number of fused-ring (bicyclic) bond motifs is 5. The summed E-state index contributed by atoms with van der Waals surface area (Å²) < 4.78 is 0. The Hall–Kier alpha value is -0.850. The van der Waals surface area contributed by atoms with Crippen LogP contribution in [0.15, 0.2) is 23.3 Å². The van der Waals surface area contributed by atoms with Crippen molar-refractivity contribution in [3.8, 4) is 0 Å². The lowest BCUT2D eigenvalue weighted by Gasteiger charge is -2.49. The van der Waals surface area contributed by atoms with Crippen molar-refractivity contribution in [2.75, 3.05) is 0 Å². The molecule has 1 heteroatoms. The molecule has 0 aromatic heterocycles. The quantitative estimate of drug-likeness (QED) is 0.624. The molecule has 4 atom stereocenters. The smallest absolute Gasteiger partial charge is 0.155 e. The first kappa shape index (κ1) is 12.9. The molecule has 0 unspecified atom stereocenters. The molecule has 0 amide bonds. The fourth-order valence-electron chi connectivity index (χ4n) is 5.90. The minimum Gasteiger partial charge on any atom is -0.295 e. The van der Waals surface area contributed by atoms with Gasteiger partial charge in [-0.25, -0.2) is 0 Å². The van der Waals surface area contributed by atoms with Gasteiger partial charge in [-0.15, -0.1) is 0 Å². The molecule has 0 aliphatic heterocycles. The Morgan fingerprint density at radius 2 is 2.15 bits per heavy atom. The van der Waals surface area contributed by atoms with Crippen LogP contribution in [0.1, 0.15) is 64.7 Å². The van der Waals surface area contributed by atoms with Crippen molar-refractivity contribution in [3.05, 3.63) is 23.3 Å². The summed E-state index contributed by atoms with van der Waals surface area (Å²) in [6.07, 6.45) is 16.0. The van der Waals surface area contributed by atoms with E-state index in [0.717, 1.165) is 24.7 Å². The first-order valence-electron chi connectivity index (χ1n) is 8.67. The SMILES string of the molecule is CC[C@]12CC=C3[C@H]4CCC(=O)C=C4CC[C@H]3[C@@H]1CCC2. The zero-order chi connectivity index (χ0) is 13.7. The highest BCUT2D eigenvalue weighted by molar-refractivity contribution is 5.91. The van der Waals surface area contributed by atoms with E-state index in [2.05, 4.69) is 13.0 Å². The second-order valence-corrected chi connectivity index (χ2v) is 7.54. The summed E-state index contributed by atoms with van der Waals surface area (Å²) in [4.78, 5) is 11.7. The average molecular weight is 270 g/mol. The molecule has 2 fully saturated rings. The van der Waals surface area contributed by atoms with Gasteiger partial charge in [0, 0.05) is 12.3 Å². The van der Waals surface area contributed by atoms with E-state index in [9.17, 15) is 4.79 Å². The van der Waals surface area contributed by atoms with Gasteiger partial charge in [0.25, 0.3) is 0 Å². The molecule has 20 heavy (non-hydrogen) atoms. The van der Waals surface area contributed by atoms with Gasteiger partial charge < -0.3 is 0 Å². The topological polar surface area (TPSA) is 17.1 Å². The third-order valence-electron chi connectivity index (χ3n) is 6.96. The fourth-order valence-corrected chi connectivity index (χ4v) is 5.90. The molecule has 4 aliphatic rings. The predicted molar refractivity (Wildman–Crippen MR) is 81.3 cm³/mol. The molecule has 4 aliphatic carbocycles. The van der Waals surface area contributed by atoms with Gasteiger partial charge in [0.1, 0.15) is 0 Å². The maximum atomic E-state index is 11.7. The Morgan fingerprint density at radius 3 is 3.00 bits per heavy atom. The zero-order valence-corrected chi connectivity index (χ0v) is 12.7. The molecule has 0 heterocycles. The maximum absolute atomic E-state index is 11.7. The van der Waals surface area contributed by atoms with Gasteiger partial charge in [-0.2, -0.15) is 0 Å². The minimum atomic E-state index is 0.370. The molecule has 2 saturated carbocycles. The molecule has 0 aromatic rings. The third-order valence-corrected chi connectivity index (χ3v) is 6.96. The molecule has 0 spiro atoms. The summed E-state index contributed by atoms with van der Waals surface area (Å²) >= 11 is 0. The number of hydrogen-bond acceptors (Lipinski definition) is 1. The highest BCUT2D eigenvalue weighted by Crippen LogP contribution is 2.60. The standard InChI is InChI=1S/C19H26O/c1-2-19-10-3-4-18(19)17-7-5-13-12-14(20)6-8-15(13)16(17)9-11-19/h9,12,15,17-18H,2-8,10-11H2,1H3/t15-,17+,18-,19-/m0/s1. The van der Waals surface area contributed by atoms with Crippen LogP contribution in [0.2, 0.25) is 0 Å². The summed E-state index contributed by atoms with van der Waals surface area (Å²) in [6.45, 7) is 2.41. The van der Waals surface area contributed by atoms with Crippen LogP contribution in [-0.2, 0) is 4.79 Å². The highest BCUT2D eigenvalue weighted by atomic mass is 16.1. The normalized spacial score (nSPS) is 43.2. The van der Waals surface area contributed by atoms with E-state index in [0.29, 0.717) is 17.1 Å². The van der Waals surface area contributed by atoms with Gasteiger partial charge in [-0.3, -0.25) is 4.79 Å². The van der Waals surface area contributed by atoms with E-state index in [1.807, 2.05) is 6.08 Å². The van der Waals surface area contributed by atoms with Gasteiger partial charge >= 0.3 is 0 Å². The van der Waals surface area contributed by atoms with E-state index in [4.69, 9.17) is 0 Å². The summed E-state index contributed by atoms with van der Waals surface area (Å²) in [7, 11) is 0. The lowest BCUT2D eigenvalue weighted by molar-refractivity contribution is -0.115. The predicted octanol–water partition coefficient (Wildman–Crippen LogP) is 4.83. The van der Waals surface area contributed by atoms with Gasteiger partial charge in [0.05, 0.1) is 0 Å². The van der Waals surface area contributed by atoms with Crippen LogP contribution in [0, 0.1) is 23.2 Å². The van der Waals surface area contributed by atoms with Crippen molar-refractivity contribution < 1.29 is 4.79 Å². The van der Waals surface area contributed by atoms with Gasteiger partial charge in [0.15, 0.2) is 5.78 Å². The second-order valence-electron chi connectivity index (χ2n) is 7.54. The summed E-state index contributed by atoms with van der Waals surface area (Å²) in [5.74, 6) is 2.81. The molecular weight excluding hydrogens is 244 g/mol. The van der Waals surface area contributed by atoms with E-state index in [1.54, 1.807) is 5.57 Å². The molecule has 0 aromatic carbocycles. The number of hydrogen-bond donors (Lipinski definition) is 0. The Labute approximate surface area is 122 Å². The first-order valence-corrected chi connectivity index (χ1v) is 8.67. The number of allylic oxidation sites excluding steroid dienone is 4. The molecule has 108 valence electrons. The largest absolute Gasteiger partial charge is 0.295 e. The van der Waals surface area contributed by atoms with Crippen molar-refractivity contribution >= 4 is 5.78 Å². The van der Waals surface area contributed by atoms with Gasteiger partial charge in [-0.05, 0) is 68.3 Å². The average Bonchev–Trinajstić information content (AvgIpc) is 2.91. The Bertz CT molecular complexity index is 498. The molecule has 0 bridgehead atoms. The van der Waals surface area contributed by atoms with Crippen LogP contribution >= 0.6 is 0 Å². The van der Waals surface area contributed by atoms with Crippen molar-refractivity contribution in [1.82, 2.24) is 0 Å². The van der Waals surface area contributed by atoms with Gasteiger partial charge in [-0.1, -0.05) is 30.6 Å². The number of carbonyl (C=O) groups is 1. The summed E-state index contributed by atoms with van der Waals surface area (Å²) in [5.41, 5.74) is 3.84. The van der Waals surface area contributed by atoms with Crippen LogP contribution in [-0.4, -0.2) is 5.78 Å². The number of rotatable bonds is 1. The van der Waals surface area contributed by atoms with E-state index >= 15 is 0 Å². The van der Waals surface area contributed by atoms with E-state index < -0.39 is 0 Å². The van der Waals surface area contributed by atoms with Crippen LogP contribution in [0.4, 0.5) is 0 Å². The van der Waals surface area contributed by atoms with Crippen LogP contribution < -0.4 is 0 Å². The number of ketones is 1. The molecule has 0 radical (unpaired) electrons. The first-order chi connectivity index (χ1) is 9.73. The zero-order valence-electron chi connectivity index (χ0n) is 12.7. The van der Waals surface area contributed by atoms with Crippen molar-refractivity contribution in [1.29, 1.82) is 0 Å². The second kappa shape index (κ2) is 4.58. The molecule has 4 rings (SSSR count). The third kappa shape index (κ3) is 1.71. The van der Waals surface area contributed by atoms with Crippen LogP contribution in [0.25, 0.3) is 0 Å². The van der Waals surface area contributed by atoms with Crippen molar-refractivity contribution in [2.24, 2.45) is 23.2 Å². The summed E-state index contributed by atoms with van der Waals surface area (Å²) in [6, 6.07) is 0. The Morgan fingerprint density at radius 1 is 1.25 bits per heavy atom. The van der Waals surface area contributed by atoms with Crippen LogP contribution in [0.3, 0.4) is 0 Å². The molecule has 1 nitrogen and oxygen atoms in total. The van der Waals surface area contributed by atoms with Gasteiger partial charge in [0.2, 0.25) is 0 Å². The number of carbonyl (C=O) groups excluding carboxylic acids is 1. The maximum Gasteiger partial charge on any atom is 0.155 e. The highest BCUT2D eigenvalue weighted by Gasteiger charge is 2.50.